The minimum absolute atomic E-state index is 0.000226. The van der Waals surface area contributed by atoms with Crippen molar-refractivity contribution in [2.75, 3.05) is 0 Å². The minimum atomic E-state index is -0.0935. The lowest BCUT2D eigenvalue weighted by Gasteiger charge is -2.36. The van der Waals surface area contributed by atoms with Crippen LogP contribution in [0.1, 0.15) is 195 Å². The van der Waals surface area contributed by atoms with Crippen molar-refractivity contribution in [3.05, 3.63) is 427 Å². The first kappa shape index (κ1) is 75.5. The predicted octanol–water partition coefficient (Wildman–Crippen LogP) is 32.1. The standard InChI is InChI=1S/C24H24.2C24H22.2C24H20/c5*1-16-10-11-20-21(14-16)24(12-6-3-7-13-24)22-15-17(2)18-8-4-5-9-19(18)23(20)22/h4-5,8-11,14-15H,3,6-7,12-13H2,1-2H3;4-6,8-12,14-15H,3,7,13H2,1-2H3;3-6,8-11,14-15H,7,12-13H2,1-2H3;4-15H,3H2,1-2H3;3-12,14-15H,13H2,1-2H3. The van der Waals surface area contributed by atoms with Gasteiger partial charge in [0.05, 0.1) is 5.41 Å². The molecule has 0 aliphatic heterocycles. The van der Waals surface area contributed by atoms with Gasteiger partial charge in [0.2, 0.25) is 0 Å². The monoisotopic (exact) mass is 1550 g/mol. The topological polar surface area (TPSA) is 0 Å². The lowest BCUT2D eigenvalue weighted by molar-refractivity contribution is 0.352. The second-order valence-electron chi connectivity index (χ2n) is 37.1. The fourth-order valence-corrected chi connectivity index (χ4v) is 24.4. The van der Waals surface area contributed by atoms with E-state index in [1.165, 1.54) is 263 Å². The van der Waals surface area contributed by atoms with E-state index in [0.29, 0.717) is 0 Å². The van der Waals surface area contributed by atoms with E-state index in [0.717, 1.165) is 19.3 Å². The van der Waals surface area contributed by atoms with Gasteiger partial charge < -0.3 is 0 Å². The third-order valence-corrected chi connectivity index (χ3v) is 29.9. The van der Waals surface area contributed by atoms with Crippen molar-refractivity contribution in [1.82, 2.24) is 0 Å². The molecule has 0 N–H and O–H groups in total. The van der Waals surface area contributed by atoms with E-state index in [1.54, 1.807) is 22.3 Å². The van der Waals surface area contributed by atoms with Crippen molar-refractivity contribution in [2.45, 2.75) is 180 Å². The molecule has 0 heterocycles. The summed E-state index contributed by atoms with van der Waals surface area (Å²) in [5.74, 6) is 0. The van der Waals surface area contributed by atoms with Gasteiger partial charge in [0, 0.05) is 21.7 Å². The Kier molecular flexibility index (Phi) is 18.4. The van der Waals surface area contributed by atoms with Crippen LogP contribution in [0.25, 0.3) is 109 Å². The van der Waals surface area contributed by atoms with Crippen molar-refractivity contribution >= 4 is 53.9 Å². The van der Waals surface area contributed by atoms with Gasteiger partial charge in [-0.3, -0.25) is 0 Å². The number of rotatable bonds is 0. The molecule has 25 rings (SSSR count). The molecule has 5 spiro atoms. The Balaban J connectivity index is 0.0000000928. The molecule has 15 aromatic carbocycles. The van der Waals surface area contributed by atoms with Crippen LogP contribution in [0.3, 0.4) is 0 Å². The number of allylic oxidation sites excluding steroid dienone is 12. The summed E-state index contributed by atoms with van der Waals surface area (Å²) >= 11 is 0. The fourth-order valence-electron chi connectivity index (χ4n) is 24.4. The normalized spacial score (nSPS) is 19.5. The predicted molar refractivity (Wildman–Crippen MR) is 513 cm³/mol. The lowest BCUT2D eigenvalue weighted by Crippen LogP contribution is -2.28. The fraction of sp³-hybridized carbons (Fsp3) is 0.233. The highest BCUT2D eigenvalue weighted by Crippen LogP contribution is 2.63. The van der Waals surface area contributed by atoms with Crippen LogP contribution in [0.2, 0.25) is 0 Å². The second kappa shape index (κ2) is 29.2. The molecule has 0 nitrogen and oxygen atoms in total. The third-order valence-electron chi connectivity index (χ3n) is 29.9. The molecule has 0 heteroatoms. The summed E-state index contributed by atoms with van der Waals surface area (Å²) in [4.78, 5) is 0. The van der Waals surface area contributed by atoms with Crippen LogP contribution in [0.4, 0.5) is 0 Å². The van der Waals surface area contributed by atoms with E-state index in [4.69, 9.17) is 0 Å². The molecule has 0 saturated heterocycles. The van der Waals surface area contributed by atoms with E-state index in [1.807, 2.05) is 0 Å². The number of hydrogen-bond donors (Lipinski definition) is 0. The number of fused-ring (bicyclic) bond motifs is 35. The first-order chi connectivity index (χ1) is 58.5. The quantitative estimate of drug-likeness (QED) is 0.133. The van der Waals surface area contributed by atoms with Crippen LogP contribution in [0, 0.1) is 69.2 Å². The summed E-state index contributed by atoms with van der Waals surface area (Å²) in [6, 6.07) is 91.9. The molecule has 0 radical (unpaired) electrons. The molecular formula is C120H108. The van der Waals surface area contributed by atoms with E-state index in [9.17, 15) is 0 Å². The van der Waals surface area contributed by atoms with Crippen molar-refractivity contribution < 1.29 is 0 Å². The molecule has 0 bridgehead atoms. The van der Waals surface area contributed by atoms with E-state index in [-0.39, 0.29) is 27.1 Å². The average molecular weight is 1550 g/mol. The molecule has 1 fully saturated rings. The average Bonchev–Trinajstić information content (AvgIpc) is 1.58. The van der Waals surface area contributed by atoms with Gasteiger partial charge in [-0.25, -0.2) is 0 Å². The number of benzene rings is 15. The Morgan fingerprint density at radius 2 is 0.583 bits per heavy atom. The van der Waals surface area contributed by atoms with Crippen molar-refractivity contribution in [3.8, 4) is 55.6 Å². The van der Waals surface area contributed by atoms with Crippen LogP contribution >= 0.6 is 0 Å². The zero-order valence-corrected chi connectivity index (χ0v) is 71.7. The number of hydrogen-bond acceptors (Lipinski definition) is 0. The molecule has 3 atom stereocenters. The summed E-state index contributed by atoms with van der Waals surface area (Å²) in [5, 5.41) is 14.0. The van der Waals surface area contributed by atoms with Gasteiger partial charge in [0.25, 0.3) is 0 Å². The summed E-state index contributed by atoms with van der Waals surface area (Å²) in [7, 11) is 0. The van der Waals surface area contributed by atoms with E-state index >= 15 is 0 Å². The third kappa shape index (κ3) is 11.6. The molecule has 10 aliphatic rings. The zero-order valence-electron chi connectivity index (χ0n) is 71.7. The minimum Gasteiger partial charge on any atom is -0.0885 e. The molecule has 10 aliphatic carbocycles. The maximum atomic E-state index is 2.51. The highest BCUT2D eigenvalue weighted by Gasteiger charge is 2.49. The smallest absolute Gasteiger partial charge is 0.0575 e. The van der Waals surface area contributed by atoms with Crippen LogP contribution in [-0.4, -0.2) is 0 Å². The Labute approximate surface area is 711 Å². The maximum Gasteiger partial charge on any atom is 0.0575 e. The Morgan fingerprint density at radius 1 is 0.217 bits per heavy atom. The van der Waals surface area contributed by atoms with Crippen LogP contribution in [-0.2, 0) is 27.1 Å². The Morgan fingerprint density at radius 3 is 1.01 bits per heavy atom. The van der Waals surface area contributed by atoms with Gasteiger partial charge >= 0.3 is 0 Å². The van der Waals surface area contributed by atoms with Crippen LogP contribution in [0.5, 0.6) is 0 Å². The second-order valence-corrected chi connectivity index (χ2v) is 37.1. The molecule has 588 valence electrons. The molecule has 0 amide bonds. The van der Waals surface area contributed by atoms with Crippen molar-refractivity contribution in [3.63, 3.8) is 0 Å². The summed E-state index contributed by atoms with van der Waals surface area (Å²) in [5.41, 5.74) is 43.9. The zero-order chi connectivity index (χ0) is 81.6. The van der Waals surface area contributed by atoms with Gasteiger partial charge in [0.15, 0.2) is 0 Å². The molecule has 15 aromatic rings. The van der Waals surface area contributed by atoms with Gasteiger partial charge in [0.1, 0.15) is 0 Å². The highest BCUT2D eigenvalue weighted by atomic mass is 14.5. The van der Waals surface area contributed by atoms with E-state index < -0.39 is 0 Å². The van der Waals surface area contributed by atoms with E-state index in [2.05, 4.69) is 385 Å². The molecule has 120 heavy (non-hydrogen) atoms. The first-order valence-electron chi connectivity index (χ1n) is 44.8. The van der Waals surface area contributed by atoms with Crippen molar-refractivity contribution in [2.24, 2.45) is 0 Å². The van der Waals surface area contributed by atoms with Crippen LogP contribution < -0.4 is 0 Å². The number of aryl methyl sites for hydroxylation is 10. The highest BCUT2D eigenvalue weighted by molar-refractivity contribution is 6.09. The summed E-state index contributed by atoms with van der Waals surface area (Å²) < 4.78 is 0. The van der Waals surface area contributed by atoms with Gasteiger partial charge in [-0.2, -0.15) is 0 Å². The SMILES string of the molecule is Cc1ccc2c(c1)C1(C=CC=CC1)c1cc(C)c3ccccc3c1-2.Cc1ccc2c(c1)C1(C=CCC=C1)c1cc(C)c3ccccc3c1-2.Cc1ccc2c(c1)C1(C=CCCC1)c1cc(C)c3ccccc3c1-2.Cc1ccc2c(c1)C1(CC=CCC1)c1cc(C)c3ccccc3c1-2.Cc1ccc2c(c1)C1(CCCCC1)c1cc(C)c3ccccc3c1-2. The molecule has 3 unspecified atom stereocenters. The summed E-state index contributed by atoms with van der Waals surface area (Å²) in [6.45, 7) is 22.4. The lowest BCUT2D eigenvalue weighted by atomic mass is 9.67. The van der Waals surface area contributed by atoms with Gasteiger partial charge in [-0.05, 0) is 326 Å². The Hall–Kier alpha value is -12.0. The Bertz CT molecular complexity index is 6860. The molecule has 1 saturated carbocycles. The van der Waals surface area contributed by atoms with Crippen LogP contribution in [0.15, 0.2) is 316 Å². The molecule has 0 aromatic heterocycles. The van der Waals surface area contributed by atoms with Gasteiger partial charge in [-0.1, -0.05) is 363 Å². The largest absolute Gasteiger partial charge is 0.0885 e. The summed E-state index contributed by atoms with van der Waals surface area (Å²) in [6.07, 6.45) is 44.3. The first-order valence-corrected chi connectivity index (χ1v) is 44.8. The van der Waals surface area contributed by atoms with Gasteiger partial charge in [-0.15, -0.1) is 0 Å². The van der Waals surface area contributed by atoms with Crippen molar-refractivity contribution in [1.29, 1.82) is 0 Å². The maximum absolute atomic E-state index is 2.51. The molecular weight excluding hydrogens is 1440 g/mol.